The highest BCUT2D eigenvalue weighted by atomic mass is 32.1. The summed E-state index contributed by atoms with van der Waals surface area (Å²) in [5.41, 5.74) is 1.64. The van der Waals surface area contributed by atoms with Gasteiger partial charge >= 0.3 is 11.9 Å². The second-order valence-electron chi connectivity index (χ2n) is 5.11. The number of nitrogens with one attached hydrogen (secondary N) is 2. The molecule has 0 aromatic heterocycles. The van der Waals surface area contributed by atoms with Crippen molar-refractivity contribution >= 4 is 29.3 Å². The van der Waals surface area contributed by atoms with E-state index in [1.807, 2.05) is 0 Å². The van der Waals surface area contributed by atoms with Crippen LogP contribution in [-0.2, 0) is 14.3 Å². The lowest BCUT2D eigenvalue weighted by atomic mass is 9.89. The van der Waals surface area contributed by atoms with E-state index < -0.39 is 23.9 Å². The third kappa shape index (κ3) is 3.80. The third-order valence-corrected chi connectivity index (χ3v) is 3.78. The Kier molecular flexibility index (Phi) is 5.70. The fraction of sp³-hybridized carbons (Fsp3) is 0.235. The molecule has 7 heteroatoms. The average Bonchev–Trinajstić information content (AvgIpc) is 2.58. The molecule has 6 nitrogen and oxygen atoms in total. The van der Waals surface area contributed by atoms with Crippen LogP contribution >= 0.6 is 12.2 Å². The van der Waals surface area contributed by atoms with Crippen molar-refractivity contribution < 1.29 is 19.1 Å². The quantitative estimate of drug-likeness (QED) is 0.479. The molecule has 0 aliphatic carbocycles. The summed E-state index contributed by atoms with van der Waals surface area (Å²) < 4.78 is 9.83. The minimum atomic E-state index is -0.666. The molecule has 2 N–H and O–H groups in total. The first-order valence-corrected chi connectivity index (χ1v) is 7.61. The largest absolute Gasteiger partial charge is 0.465 e. The number of ether oxygens (including phenoxy) is 2. The van der Waals surface area contributed by atoms with Gasteiger partial charge < -0.3 is 20.1 Å². The summed E-state index contributed by atoms with van der Waals surface area (Å²) in [6.45, 7) is 7.51. The zero-order valence-electron chi connectivity index (χ0n) is 13.2. The van der Waals surface area contributed by atoms with Crippen molar-refractivity contribution in [3.8, 4) is 0 Å². The van der Waals surface area contributed by atoms with Gasteiger partial charge in [-0.05, 0) is 29.9 Å². The molecule has 2 rings (SSSR count). The summed E-state index contributed by atoms with van der Waals surface area (Å²) in [7, 11) is 1.32. The Morgan fingerprint density at radius 3 is 2.58 bits per heavy atom. The molecule has 1 aliphatic rings. The molecule has 0 unspecified atom stereocenters. The number of carbonyl (C=O) groups excluding carboxylic acids is 2. The minimum absolute atomic E-state index is 0.112. The SMILES string of the molecule is C=CCOC(=O)[C@@H]1C(=C)NC(=S)N[C@H]1c1ccc(C(=O)OC)cc1. The molecule has 0 radical (unpaired) electrons. The molecule has 2 atom stereocenters. The van der Waals surface area contributed by atoms with Crippen LogP contribution in [0.3, 0.4) is 0 Å². The smallest absolute Gasteiger partial charge is 0.337 e. The van der Waals surface area contributed by atoms with Crippen LogP contribution in [0.2, 0.25) is 0 Å². The van der Waals surface area contributed by atoms with E-state index >= 15 is 0 Å². The maximum Gasteiger partial charge on any atom is 0.337 e. The zero-order chi connectivity index (χ0) is 17.7. The standard InChI is InChI=1S/C17H18N2O4S/c1-4-9-23-16(21)13-10(2)18-17(24)19-14(13)11-5-7-12(8-6-11)15(20)22-3/h4-8,13-14H,1-2,9H2,3H3,(H2,18,19,24)/t13-,14+/m1/s1. The number of methoxy groups -OCH3 is 1. The van der Waals surface area contributed by atoms with Crippen LogP contribution in [0.5, 0.6) is 0 Å². The molecular weight excluding hydrogens is 328 g/mol. The fourth-order valence-corrected chi connectivity index (χ4v) is 2.67. The predicted molar refractivity (Wildman–Crippen MR) is 93.2 cm³/mol. The van der Waals surface area contributed by atoms with Crippen molar-refractivity contribution in [2.45, 2.75) is 6.04 Å². The van der Waals surface area contributed by atoms with Gasteiger partial charge in [0.15, 0.2) is 5.11 Å². The van der Waals surface area contributed by atoms with Crippen molar-refractivity contribution in [3.05, 3.63) is 60.3 Å². The number of benzene rings is 1. The maximum atomic E-state index is 12.4. The van der Waals surface area contributed by atoms with E-state index in [9.17, 15) is 9.59 Å². The lowest BCUT2D eigenvalue weighted by Crippen LogP contribution is -2.51. The van der Waals surface area contributed by atoms with E-state index in [2.05, 4.69) is 28.5 Å². The predicted octanol–water partition coefficient (Wildman–Crippen LogP) is 1.85. The van der Waals surface area contributed by atoms with Crippen LogP contribution < -0.4 is 10.6 Å². The van der Waals surface area contributed by atoms with Gasteiger partial charge in [-0.2, -0.15) is 0 Å². The van der Waals surface area contributed by atoms with E-state index in [-0.39, 0.29) is 6.61 Å². The Labute approximate surface area is 145 Å². The van der Waals surface area contributed by atoms with Gasteiger partial charge in [0.25, 0.3) is 0 Å². The summed E-state index contributed by atoms with van der Waals surface area (Å²) in [5.74, 6) is -1.54. The fourth-order valence-electron chi connectivity index (χ4n) is 2.41. The number of esters is 2. The topological polar surface area (TPSA) is 76.7 Å². The summed E-state index contributed by atoms with van der Waals surface area (Å²) in [6.07, 6.45) is 1.50. The molecule has 24 heavy (non-hydrogen) atoms. The molecule has 0 bridgehead atoms. The van der Waals surface area contributed by atoms with Gasteiger partial charge in [0.05, 0.1) is 18.7 Å². The third-order valence-electron chi connectivity index (χ3n) is 3.56. The van der Waals surface area contributed by atoms with Gasteiger partial charge in [-0.15, -0.1) is 0 Å². The van der Waals surface area contributed by atoms with E-state index in [0.717, 1.165) is 5.56 Å². The highest BCUT2D eigenvalue weighted by Crippen LogP contribution is 2.30. The molecular formula is C17H18N2O4S. The minimum Gasteiger partial charge on any atom is -0.465 e. The van der Waals surface area contributed by atoms with Crippen LogP contribution in [0.4, 0.5) is 0 Å². The number of thiocarbonyl (C=S) groups is 1. The molecule has 1 heterocycles. The second-order valence-corrected chi connectivity index (χ2v) is 5.52. The van der Waals surface area contributed by atoms with Crippen LogP contribution in [0.1, 0.15) is 22.0 Å². The Balaban J connectivity index is 2.30. The highest BCUT2D eigenvalue weighted by molar-refractivity contribution is 7.80. The Hall–Kier alpha value is -2.67. The van der Waals surface area contributed by atoms with Crippen LogP contribution in [0.15, 0.2) is 49.2 Å². The van der Waals surface area contributed by atoms with Crippen molar-refractivity contribution in [1.29, 1.82) is 0 Å². The molecule has 0 saturated carbocycles. The monoisotopic (exact) mass is 346 g/mol. The summed E-state index contributed by atoms with van der Waals surface area (Å²) in [5, 5.41) is 6.27. The van der Waals surface area contributed by atoms with Gasteiger partial charge in [-0.25, -0.2) is 4.79 Å². The molecule has 0 amide bonds. The molecule has 1 saturated heterocycles. The number of hydrogen-bond acceptors (Lipinski definition) is 5. The van der Waals surface area contributed by atoms with Gasteiger partial charge in [0.2, 0.25) is 0 Å². The van der Waals surface area contributed by atoms with Crippen LogP contribution in [-0.4, -0.2) is 30.8 Å². The number of hydrogen-bond donors (Lipinski definition) is 2. The molecule has 1 fully saturated rings. The first-order valence-electron chi connectivity index (χ1n) is 7.20. The lowest BCUT2D eigenvalue weighted by molar-refractivity contribution is -0.147. The Morgan fingerprint density at radius 1 is 1.33 bits per heavy atom. The second kappa shape index (κ2) is 7.74. The maximum absolute atomic E-state index is 12.4. The molecule has 1 aromatic rings. The molecule has 0 spiro atoms. The van der Waals surface area contributed by atoms with Gasteiger partial charge in [-0.3, -0.25) is 4.79 Å². The number of rotatable bonds is 5. The Morgan fingerprint density at radius 2 is 2.00 bits per heavy atom. The van der Waals surface area contributed by atoms with Crippen molar-refractivity contribution in [2.75, 3.05) is 13.7 Å². The lowest BCUT2D eigenvalue weighted by Gasteiger charge is -2.34. The normalized spacial score (nSPS) is 19.7. The molecule has 1 aliphatic heterocycles. The van der Waals surface area contributed by atoms with Crippen molar-refractivity contribution in [3.63, 3.8) is 0 Å². The molecule has 1 aromatic carbocycles. The number of carbonyl (C=O) groups is 2. The first-order chi connectivity index (χ1) is 11.5. The van der Waals surface area contributed by atoms with E-state index in [1.165, 1.54) is 13.2 Å². The van der Waals surface area contributed by atoms with Crippen molar-refractivity contribution in [1.82, 2.24) is 10.6 Å². The van der Waals surface area contributed by atoms with E-state index in [1.54, 1.807) is 24.3 Å². The van der Waals surface area contributed by atoms with Crippen molar-refractivity contribution in [2.24, 2.45) is 5.92 Å². The summed E-state index contributed by atoms with van der Waals surface area (Å²) in [4.78, 5) is 23.9. The molecule has 126 valence electrons. The highest BCUT2D eigenvalue weighted by Gasteiger charge is 2.37. The first kappa shape index (κ1) is 17.7. The van der Waals surface area contributed by atoms with Gasteiger partial charge in [0.1, 0.15) is 12.5 Å². The zero-order valence-corrected chi connectivity index (χ0v) is 14.0. The summed E-state index contributed by atoms with van der Waals surface area (Å²) >= 11 is 5.15. The van der Waals surface area contributed by atoms with Gasteiger partial charge in [-0.1, -0.05) is 31.4 Å². The Bertz CT molecular complexity index is 684. The summed E-state index contributed by atoms with van der Waals surface area (Å²) in [6, 6.07) is 6.28. The van der Waals surface area contributed by atoms with Gasteiger partial charge in [0, 0.05) is 5.70 Å². The van der Waals surface area contributed by atoms with E-state index in [4.69, 9.17) is 17.0 Å². The average molecular weight is 346 g/mol. The van der Waals surface area contributed by atoms with Crippen LogP contribution in [0, 0.1) is 5.92 Å². The van der Waals surface area contributed by atoms with Crippen LogP contribution in [0.25, 0.3) is 0 Å². The van der Waals surface area contributed by atoms with E-state index in [0.29, 0.717) is 16.4 Å².